The Morgan fingerprint density at radius 3 is 2.19 bits per heavy atom. The fourth-order valence-electron chi connectivity index (χ4n) is 3.65. The molecule has 2 aromatic carbocycles. The summed E-state index contributed by atoms with van der Waals surface area (Å²) in [6.07, 6.45) is 3.07. The van der Waals surface area contributed by atoms with Crippen LogP contribution in [0.5, 0.6) is 0 Å². The number of nitrogens with one attached hydrogen (secondary N) is 2. The van der Waals surface area contributed by atoms with Crippen molar-refractivity contribution in [3.8, 4) is 0 Å². The summed E-state index contributed by atoms with van der Waals surface area (Å²) >= 11 is 0. The molecule has 0 radical (unpaired) electrons. The Hall–Kier alpha value is -2.62. The van der Waals surface area contributed by atoms with Crippen LogP contribution in [0.15, 0.2) is 48.5 Å². The molecule has 2 N–H and O–H groups in total. The first kappa shape index (κ1) is 19.2. The van der Waals surface area contributed by atoms with Crippen molar-refractivity contribution < 1.29 is 9.59 Å². The van der Waals surface area contributed by atoms with Gasteiger partial charge in [-0.05, 0) is 62.3 Å². The highest BCUT2D eigenvalue weighted by Crippen LogP contribution is 2.30. The van der Waals surface area contributed by atoms with Crippen LogP contribution in [-0.2, 0) is 16.1 Å². The van der Waals surface area contributed by atoms with E-state index in [1.807, 2.05) is 62.4 Å². The lowest BCUT2D eigenvalue weighted by Crippen LogP contribution is -2.35. The van der Waals surface area contributed by atoms with Crippen LogP contribution in [0, 0.1) is 25.7 Å². The van der Waals surface area contributed by atoms with Crippen molar-refractivity contribution in [3.63, 3.8) is 0 Å². The molecule has 27 heavy (non-hydrogen) atoms. The van der Waals surface area contributed by atoms with Crippen molar-refractivity contribution in [2.75, 3.05) is 5.32 Å². The van der Waals surface area contributed by atoms with Gasteiger partial charge in [0.1, 0.15) is 0 Å². The molecule has 1 aliphatic carbocycles. The van der Waals surface area contributed by atoms with E-state index in [-0.39, 0.29) is 23.7 Å². The van der Waals surface area contributed by atoms with Gasteiger partial charge in [0.25, 0.3) is 0 Å². The molecule has 1 saturated carbocycles. The van der Waals surface area contributed by atoms with Gasteiger partial charge in [-0.25, -0.2) is 0 Å². The third-order valence-corrected chi connectivity index (χ3v) is 5.43. The Morgan fingerprint density at radius 2 is 1.52 bits per heavy atom. The Kier molecular flexibility index (Phi) is 6.28. The lowest BCUT2D eigenvalue weighted by Gasteiger charge is -2.27. The zero-order valence-corrected chi connectivity index (χ0v) is 16.1. The molecule has 1 aliphatic rings. The Balaban J connectivity index is 1.47. The zero-order valence-electron chi connectivity index (χ0n) is 16.1. The molecule has 0 bridgehead atoms. The molecule has 0 heterocycles. The van der Waals surface area contributed by atoms with E-state index in [4.69, 9.17) is 0 Å². The molecular formula is C23H28N2O2. The van der Waals surface area contributed by atoms with E-state index in [0.717, 1.165) is 48.1 Å². The average molecular weight is 364 g/mol. The number of amides is 2. The molecule has 0 aromatic heterocycles. The van der Waals surface area contributed by atoms with Gasteiger partial charge in [0.15, 0.2) is 0 Å². The van der Waals surface area contributed by atoms with Crippen LogP contribution in [0.1, 0.15) is 42.4 Å². The highest BCUT2D eigenvalue weighted by Gasteiger charge is 2.30. The number of carbonyl (C=O) groups is 2. The summed E-state index contributed by atoms with van der Waals surface area (Å²) in [7, 11) is 0. The van der Waals surface area contributed by atoms with Crippen molar-refractivity contribution in [1.82, 2.24) is 5.32 Å². The van der Waals surface area contributed by atoms with Gasteiger partial charge in [-0.2, -0.15) is 0 Å². The van der Waals surface area contributed by atoms with Gasteiger partial charge in [0.05, 0.1) is 0 Å². The maximum atomic E-state index is 12.6. The topological polar surface area (TPSA) is 58.2 Å². The van der Waals surface area contributed by atoms with Gasteiger partial charge in [-0.3, -0.25) is 9.59 Å². The summed E-state index contributed by atoms with van der Waals surface area (Å²) in [5.41, 5.74) is 4.20. The SMILES string of the molecule is Cc1ccc(C)c(NC(=O)C2CCC(C(=O)NCc3ccccc3)CC2)c1. The molecule has 4 nitrogen and oxygen atoms in total. The summed E-state index contributed by atoms with van der Waals surface area (Å²) < 4.78 is 0. The second-order valence-electron chi connectivity index (χ2n) is 7.56. The normalized spacial score (nSPS) is 19.3. The number of benzene rings is 2. The number of rotatable bonds is 5. The van der Waals surface area contributed by atoms with Crippen LogP contribution in [-0.4, -0.2) is 11.8 Å². The monoisotopic (exact) mass is 364 g/mol. The predicted molar refractivity (Wildman–Crippen MR) is 108 cm³/mol. The molecule has 2 aromatic rings. The van der Waals surface area contributed by atoms with Gasteiger partial charge in [-0.15, -0.1) is 0 Å². The number of anilines is 1. The van der Waals surface area contributed by atoms with Crippen LogP contribution in [0.4, 0.5) is 5.69 Å². The van der Waals surface area contributed by atoms with Crippen LogP contribution in [0.3, 0.4) is 0 Å². The molecular weight excluding hydrogens is 336 g/mol. The van der Waals surface area contributed by atoms with Crippen molar-refractivity contribution in [3.05, 3.63) is 65.2 Å². The Labute approximate surface area is 161 Å². The quantitative estimate of drug-likeness (QED) is 0.828. The van der Waals surface area contributed by atoms with Crippen molar-refractivity contribution in [1.29, 1.82) is 0 Å². The van der Waals surface area contributed by atoms with Crippen molar-refractivity contribution >= 4 is 17.5 Å². The summed E-state index contributed by atoms with van der Waals surface area (Å²) in [5, 5.41) is 6.10. The Bertz CT molecular complexity index is 793. The Morgan fingerprint density at radius 1 is 0.889 bits per heavy atom. The highest BCUT2D eigenvalue weighted by molar-refractivity contribution is 5.93. The molecule has 0 spiro atoms. The second-order valence-corrected chi connectivity index (χ2v) is 7.56. The highest BCUT2D eigenvalue weighted by atomic mass is 16.2. The third-order valence-electron chi connectivity index (χ3n) is 5.43. The standard InChI is InChI=1S/C23H28N2O2/c1-16-8-9-17(2)21(14-16)25-23(27)20-12-10-19(11-13-20)22(26)24-15-18-6-4-3-5-7-18/h3-9,14,19-20H,10-13,15H2,1-2H3,(H,24,26)(H,25,27). The minimum atomic E-state index is -0.0110. The van der Waals surface area contributed by atoms with E-state index in [9.17, 15) is 9.59 Å². The molecule has 0 saturated heterocycles. The molecule has 0 atom stereocenters. The molecule has 2 amide bonds. The fraction of sp³-hybridized carbons (Fsp3) is 0.391. The van der Waals surface area contributed by atoms with Crippen LogP contribution in [0.2, 0.25) is 0 Å². The molecule has 142 valence electrons. The smallest absolute Gasteiger partial charge is 0.227 e. The van der Waals surface area contributed by atoms with Gasteiger partial charge in [0.2, 0.25) is 11.8 Å². The largest absolute Gasteiger partial charge is 0.352 e. The molecule has 0 unspecified atom stereocenters. The van der Waals surface area contributed by atoms with E-state index >= 15 is 0 Å². The lowest BCUT2D eigenvalue weighted by atomic mass is 9.81. The summed E-state index contributed by atoms with van der Waals surface area (Å²) in [6.45, 7) is 4.59. The van der Waals surface area contributed by atoms with Gasteiger partial charge < -0.3 is 10.6 Å². The van der Waals surface area contributed by atoms with Crippen LogP contribution in [0.25, 0.3) is 0 Å². The van der Waals surface area contributed by atoms with E-state index in [1.165, 1.54) is 0 Å². The number of hydrogen-bond acceptors (Lipinski definition) is 2. The minimum Gasteiger partial charge on any atom is -0.352 e. The van der Waals surface area contributed by atoms with E-state index in [0.29, 0.717) is 6.54 Å². The average Bonchev–Trinajstić information content (AvgIpc) is 2.70. The number of hydrogen-bond donors (Lipinski definition) is 2. The first-order chi connectivity index (χ1) is 13.0. The third kappa shape index (κ3) is 5.19. The van der Waals surface area contributed by atoms with E-state index in [2.05, 4.69) is 10.6 Å². The molecule has 3 rings (SSSR count). The van der Waals surface area contributed by atoms with Crippen molar-refractivity contribution in [2.45, 2.75) is 46.1 Å². The van der Waals surface area contributed by atoms with Gasteiger partial charge in [0, 0.05) is 24.1 Å². The van der Waals surface area contributed by atoms with Gasteiger partial charge in [-0.1, -0.05) is 42.5 Å². The summed E-state index contributed by atoms with van der Waals surface area (Å²) in [5.74, 6) is 0.181. The number of aryl methyl sites for hydroxylation is 2. The van der Waals surface area contributed by atoms with Crippen LogP contribution < -0.4 is 10.6 Å². The number of carbonyl (C=O) groups excluding carboxylic acids is 2. The maximum Gasteiger partial charge on any atom is 0.227 e. The first-order valence-electron chi connectivity index (χ1n) is 9.72. The lowest BCUT2D eigenvalue weighted by molar-refractivity contribution is -0.128. The molecule has 0 aliphatic heterocycles. The minimum absolute atomic E-state index is 0.0110. The maximum absolute atomic E-state index is 12.6. The molecule has 1 fully saturated rings. The summed E-state index contributed by atoms with van der Waals surface area (Å²) in [6, 6.07) is 16.0. The molecule has 4 heteroatoms. The van der Waals surface area contributed by atoms with E-state index < -0.39 is 0 Å². The predicted octanol–water partition coefficient (Wildman–Crippen LogP) is 4.36. The van der Waals surface area contributed by atoms with Crippen molar-refractivity contribution in [2.24, 2.45) is 11.8 Å². The van der Waals surface area contributed by atoms with Crippen LogP contribution >= 0.6 is 0 Å². The van der Waals surface area contributed by atoms with E-state index in [1.54, 1.807) is 0 Å². The van der Waals surface area contributed by atoms with Gasteiger partial charge >= 0.3 is 0 Å². The first-order valence-corrected chi connectivity index (χ1v) is 9.72. The fourth-order valence-corrected chi connectivity index (χ4v) is 3.65. The second kappa shape index (κ2) is 8.85. The summed E-state index contributed by atoms with van der Waals surface area (Å²) in [4.78, 5) is 25.0. The zero-order chi connectivity index (χ0) is 19.2.